The van der Waals surface area contributed by atoms with Gasteiger partial charge in [-0.25, -0.2) is 9.67 Å². The zero-order valence-electron chi connectivity index (χ0n) is 18.8. The first-order valence-electron chi connectivity index (χ1n) is 11.0. The summed E-state index contributed by atoms with van der Waals surface area (Å²) in [6.07, 6.45) is -0.332. The molecule has 0 spiro atoms. The molecule has 0 unspecified atom stereocenters. The summed E-state index contributed by atoms with van der Waals surface area (Å²) in [6, 6.07) is 2.23. The average molecular weight is 453 g/mol. The minimum atomic E-state index is -4.45. The van der Waals surface area contributed by atoms with Gasteiger partial charge in [-0.05, 0) is 44.5 Å². The summed E-state index contributed by atoms with van der Waals surface area (Å²) in [5.41, 5.74) is 0.210. The third-order valence-corrected chi connectivity index (χ3v) is 5.67. The highest BCUT2D eigenvalue weighted by molar-refractivity contribution is 5.95. The van der Waals surface area contributed by atoms with E-state index >= 15 is 0 Å². The average Bonchev–Trinajstić information content (AvgIpc) is 3.20. The Morgan fingerprint density at radius 1 is 1.12 bits per heavy atom. The summed E-state index contributed by atoms with van der Waals surface area (Å²) in [5.74, 6) is -0.0565. The van der Waals surface area contributed by atoms with E-state index < -0.39 is 11.7 Å². The molecule has 0 saturated carbocycles. The maximum Gasteiger partial charge on any atom is 0.417 e. The number of nitrogens with one attached hydrogen (secondary N) is 1. The number of rotatable bonds is 8. The van der Waals surface area contributed by atoms with Crippen molar-refractivity contribution in [3.05, 3.63) is 41.3 Å². The van der Waals surface area contributed by atoms with Gasteiger partial charge in [-0.1, -0.05) is 13.8 Å². The fourth-order valence-corrected chi connectivity index (χ4v) is 3.78. The van der Waals surface area contributed by atoms with E-state index in [1.165, 1.54) is 16.9 Å². The molecule has 1 fully saturated rings. The number of halogens is 3. The first-order chi connectivity index (χ1) is 15.2. The Bertz CT molecular complexity index is 886. The lowest BCUT2D eigenvalue weighted by atomic mass is 10.1. The van der Waals surface area contributed by atoms with Crippen LogP contribution < -0.4 is 5.32 Å². The van der Waals surface area contributed by atoms with Crippen molar-refractivity contribution in [1.82, 2.24) is 29.9 Å². The van der Waals surface area contributed by atoms with E-state index in [0.717, 1.165) is 57.8 Å². The number of carbonyl (C=O) groups excluding carboxylic acids is 1. The van der Waals surface area contributed by atoms with Crippen LogP contribution in [-0.4, -0.2) is 76.8 Å². The van der Waals surface area contributed by atoms with Gasteiger partial charge in [-0.2, -0.15) is 18.3 Å². The first kappa shape index (κ1) is 24.2. The molecule has 3 heterocycles. The van der Waals surface area contributed by atoms with E-state index in [2.05, 4.69) is 32.2 Å². The fourth-order valence-electron chi connectivity index (χ4n) is 3.78. The Balaban J connectivity index is 1.58. The topological polar surface area (TPSA) is 66.3 Å². The summed E-state index contributed by atoms with van der Waals surface area (Å²) >= 11 is 0. The zero-order chi connectivity index (χ0) is 23.3. The summed E-state index contributed by atoms with van der Waals surface area (Å²) in [6.45, 7) is 9.75. The lowest BCUT2D eigenvalue weighted by Gasteiger charge is -2.32. The van der Waals surface area contributed by atoms with Crippen LogP contribution in [0.25, 0.3) is 5.82 Å². The molecule has 2 aromatic heterocycles. The molecular weight excluding hydrogens is 421 g/mol. The molecule has 1 aliphatic heterocycles. The molecular formula is C22H31F3N6O. The molecule has 7 nitrogen and oxygen atoms in total. The Morgan fingerprint density at radius 2 is 1.84 bits per heavy atom. The molecule has 3 rings (SSSR count). The number of nitrogens with zero attached hydrogens (tertiary/aromatic N) is 5. The van der Waals surface area contributed by atoms with E-state index in [-0.39, 0.29) is 17.6 Å². The van der Waals surface area contributed by atoms with Gasteiger partial charge in [0.15, 0.2) is 5.82 Å². The van der Waals surface area contributed by atoms with Crippen molar-refractivity contribution in [1.29, 1.82) is 0 Å². The number of carbonyl (C=O) groups is 1. The van der Waals surface area contributed by atoms with E-state index in [4.69, 9.17) is 0 Å². The fraction of sp³-hybridized carbons (Fsp3) is 0.591. The second-order valence-electron chi connectivity index (χ2n) is 8.52. The molecule has 1 amide bonds. The van der Waals surface area contributed by atoms with Crippen molar-refractivity contribution in [2.45, 2.75) is 38.8 Å². The molecule has 1 aliphatic rings. The SMILES string of the molecule is CC(C)c1c(C(=O)NCCCCN2CCN(C)CC2)cnn1-c1ccc(C(F)(F)F)cn1. The summed E-state index contributed by atoms with van der Waals surface area (Å²) in [5, 5.41) is 7.18. The lowest BCUT2D eigenvalue weighted by Crippen LogP contribution is -2.44. The largest absolute Gasteiger partial charge is 0.417 e. The van der Waals surface area contributed by atoms with Gasteiger partial charge in [-0.3, -0.25) is 4.79 Å². The molecule has 1 saturated heterocycles. The van der Waals surface area contributed by atoms with Crippen LogP contribution in [0.2, 0.25) is 0 Å². The number of pyridine rings is 1. The minimum Gasteiger partial charge on any atom is -0.352 e. The summed E-state index contributed by atoms with van der Waals surface area (Å²) < 4.78 is 39.9. The molecule has 10 heteroatoms. The van der Waals surface area contributed by atoms with Crippen LogP contribution in [0.5, 0.6) is 0 Å². The van der Waals surface area contributed by atoms with E-state index in [9.17, 15) is 18.0 Å². The highest BCUT2D eigenvalue weighted by Gasteiger charge is 2.31. The van der Waals surface area contributed by atoms with Gasteiger partial charge in [0.1, 0.15) is 0 Å². The van der Waals surface area contributed by atoms with Crippen LogP contribution in [0.15, 0.2) is 24.5 Å². The first-order valence-corrected chi connectivity index (χ1v) is 11.0. The third kappa shape index (κ3) is 6.07. The highest BCUT2D eigenvalue weighted by atomic mass is 19.4. The van der Waals surface area contributed by atoms with E-state index in [1.807, 2.05) is 13.8 Å². The normalized spacial score (nSPS) is 16.0. The molecule has 0 aromatic carbocycles. The maximum absolute atomic E-state index is 12.8. The molecule has 0 bridgehead atoms. The van der Waals surface area contributed by atoms with Crippen molar-refractivity contribution >= 4 is 5.91 Å². The monoisotopic (exact) mass is 452 g/mol. The van der Waals surface area contributed by atoms with Crippen LogP contribution in [0, 0.1) is 0 Å². The number of hydrogen-bond donors (Lipinski definition) is 1. The smallest absolute Gasteiger partial charge is 0.352 e. The van der Waals surface area contributed by atoms with Gasteiger partial charge in [0.2, 0.25) is 0 Å². The van der Waals surface area contributed by atoms with Crippen LogP contribution in [0.3, 0.4) is 0 Å². The minimum absolute atomic E-state index is 0.0698. The van der Waals surface area contributed by atoms with Crippen molar-refractivity contribution in [3.63, 3.8) is 0 Å². The Kier molecular flexibility index (Phi) is 7.89. The Labute approximate surface area is 186 Å². The summed E-state index contributed by atoms with van der Waals surface area (Å²) in [4.78, 5) is 21.4. The highest BCUT2D eigenvalue weighted by Crippen LogP contribution is 2.29. The van der Waals surface area contributed by atoms with Gasteiger partial charge >= 0.3 is 6.18 Å². The van der Waals surface area contributed by atoms with Crippen LogP contribution >= 0.6 is 0 Å². The van der Waals surface area contributed by atoms with Crippen molar-refractivity contribution in [3.8, 4) is 5.82 Å². The van der Waals surface area contributed by atoms with Gasteiger partial charge in [0.25, 0.3) is 5.91 Å². The van der Waals surface area contributed by atoms with Gasteiger partial charge in [0, 0.05) is 38.9 Å². The number of alkyl halides is 3. The van der Waals surface area contributed by atoms with Gasteiger partial charge in [0.05, 0.1) is 23.0 Å². The number of aromatic nitrogens is 3. The second-order valence-corrected chi connectivity index (χ2v) is 8.52. The van der Waals surface area contributed by atoms with Gasteiger partial charge in [-0.15, -0.1) is 0 Å². The number of unbranched alkanes of at least 4 members (excludes halogenated alkanes) is 1. The van der Waals surface area contributed by atoms with E-state index in [1.54, 1.807) is 0 Å². The standard InChI is InChI=1S/C22H31F3N6O/c1-16(2)20-18(15-28-31(20)19-7-6-17(14-27-19)22(23,24)25)21(32)26-8-4-5-9-30-12-10-29(3)11-13-30/h6-7,14-16H,4-5,8-13H2,1-3H3,(H,26,32). The van der Waals surface area contributed by atoms with Crippen LogP contribution in [0.4, 0.5) is 13.2 Å². The Hall–Kier alpha value is -2.46. The van der Waals surface area contributed by atoms with Crippen molar-refractivity contribution in [2.75, 3.05) is 46.3 Å². The molecule has 0 aliphatic carbocycles. The van der Waals surface area contributed by atoms with Crippen LogP contribution in [-0.2, 0) is 6.18 Å². The number of hydrogen-bond acceptors (Lipinski definition) is 5. The predicted molar refractivity (Wildman–Crippen MR) is 116 cm³/mol. The maximum atomic E-state index is 12.8. The number of amides is 1. The lowest BCUT2D eigenvalue weighted by molar-refractivity contribution is -0.137. The van der Waals surface area contributed by atoms with Gasteiger partial charge < -0.3 is 15.1 Å². The van der Waals surface area contributed by atoms with E-state index in [0.29, 0.717) is 17.8 Å². The Morgan fingerprint density at radius 3 is 2.44 bits per heavy atom. The third-order valence-electron chi connectivity index (χ3n) is 5.67. The molecule has 0 atom stereocenters. The molecule has 0 radical (unpaired) electrons. The number of piperazine rings is 1. The molecule has 32 heavy (non-hydrogen) atoms. The number of likely N-dealkylation sites (N-methyl/N-ethyl adjacent to an activating group) is 1. The summed E-state index contributed by atoms with van der Waals surface area (Å²) in [7, 11) is 2.13. The second kappa shape index (κ2) is 10.4. The van der Waals surface area contributed by atoms with Crippen LogP contribution in [0.1, 0.15) is 54.2 Å². The zero-order valence-corrected chi connectivity index (χ0v) is 18.8. The van der Waals surface area contributed by atoms with Crippen molar-refractivity contribution < 1.29 is 18.0 Å². The predicted octanol–water partition coefficient (Wildman–Crippen LogP) is 3.17. The van der Waals surface area contributed by atoms with Crippen molar-refractivity contribution in [2.24, 2.45) is 0 Å². The molecule has 1 N–H and O–H groups in total. The quantitative estimate of drug-likeness (QED) is 0.624. The molecule has 2 aromatic rings. The molecule has 176 valence electrons.